The van der Waals surface area contributed by atoms with Crippen LogP contribution in [0.1, 0.15) is 26.3 Å². The maximum Gasteiger partial charge on any atom is 0.337 e. The van der Waals surface area contributed by atoms with Gasteiger partial charge in [0.2, 0.25) is 0 Å². The number of hydrogen-bond acceptors (Lipinski definition) is 6. The van der Waals surface area contributed by atoms with Gasteiger partial charge >= 0.3 is 5.97 Å². The average molecular weight is 330 g/mol. The number of esters is 1. The molecule has 6 nitrogen and oxygen atoms in total. The number of carbonyl (C=O) groups is 2. The van der Waals surface area contributed by atoms with E-state index in [2.05, 4.69) is 0 Å². The van der Waals surface area contributed by atoms with Gasteiger partial charge in [0.1, 0.15) is 18.6 Å². The number of methoxy groups -OCH3 is 3. The molecule has 0 saturated carbocycles. The second kappa shape index (κ2) is 8.01. The summed E-state index contributed by atoms with van der Waals surface area (Å²) in [6.45, 7) is 0.145. The predicted octanol–water partition coefficient (Wildman–Crippen LogP) is 2.88. The smallest absolute Gasteiger partial charge is 0.337 e. The molecule has 0 bridgehead atoms. The van der Waals surface area contributed by atoms with Gasteiger partial charge in [-0.25, -0.2) is 4.79 Å². The molecule has 126 valence electrons. The van der Waals surface area contributed by atoms with Gasteiger partial charge in [-0.1, -0.05) is 0 Å². The van der Waals surface area contributed by atoms with Crippen molar-refractivity contribution in [2.45, 2.75) is 6.61 Å². The van der Waals surface area contributed by atoms with E-state index in [4.69, 9.17) is 18.9 Å². The molecule has 0 spiro atoms. The molecule has 0 aliphatic carbocycles. The summed E-state index contributed by atoms with van der Waals surface area (Å²) in [5.74, 6) is 0.999. The van der Waals surface area contributed by atoms with Gasteiger partial charge in [-0.3, -0.25) is 4.79 Å². The molecule has 0 heterocycles. The quantitative estimate of drug-likeness (QED) is 0.574. The summed E-state index contributed by atoms with van der Waals surface area (Å²) >= 11 is 0. The Kier molecular flexibility index (Phi) is 5.78. The van der Waals surface area contributed by atoms with Gasteiger partial charge in [0, 0.05) is 11.1 Å². The van der Waals surface area contributed by atoms with E-state index in [0.29, 0.717) is 33.9 Å². The van der Waals surface area contributed by atoms with Crippen molar-refractivity contribution in [2.75, 3.05) is 21.3 Å². The maximum absolute atomic E-state index is 11.6. The molecule has 6 heteroatoms. The zero-order chi connectivity index (χ0) is 17.5. The lowest BCUT2D eigenvalue weighted by Crippen LogP contribution is -2.04. The van der Waals surface area contributed by atoms with Crippen molar-refractivity contribution in [1.82, 2.24) is 0 Å². The summed E-state index contributed by atoms with van der Waals surface area (Å²) in [5.41, 5.74) is 1.57. The first-order valence-corrected chi connectivity index (χ1v) is 7.14. The van der Waals surface area contributed by atoms with E-state index in [-0.39, 0.29) is 6.61 Å². The number of carbonyl (C=O) groups excluding carboxylic acids is 2. The van der Waals surface area contributed by atoms with Crippen molar-refractivity contribution in [3.8, 4) is 17.2 Å². The third-order valence-electron chi connectivity index (χ3n) is 3.41. The third-order valence-corrected chi connectivity index (χ3v) is 3.41. The van der Waals surface area contributed by atoms with Crippen molar-refractivity contribution in [3.63, 3.8) is 0 Å². The predicted molar refractivity (Wildman–Crippen MR) is 87.0 cm³/mol. The van der Waals surface area contributed by atoms with Gasteiger partial charge in [0.15, 0.2) is 11.5 Å². The van der Waals surface area contributed by atoms with Crippen LogP contribution < -0.4 is 14.2 Å². The van der Waals surface area contributed by atoms with Crippen LogP contribution >= 0.6 is 0 Å². The van der Waals surface area contributed by atoms with E-state index >= 15 is 0 Å². The Hall–Kier alpha value is -3.02. The van der Waals surface area contributed by atoms with Gasteiger partial charge in [0.25, 0.3) is 0 Å². The summed E-state index contributed by atoms with van der Waals surface area (Å²) in [6, 6.07) is 9.80. The standard InChI is InChI=1S/C18H18O6/c1-21-15-6-4-12(10-19)8-14(15)11-24-17-9-13(18(20)23-3)5-7-16(17)22-2/h4-10H,11H2,1-3H3. The Morgan fingerprint density at radius 3 is 2.29 bits per heavy atom. The molecule has 0 amide bonds. The van der Waals surface area contributed by atoms with Gasteiger partial charge in [-0.05, 0) is 36.4 Å². The monoisotopic (exact) mass is 330 g/mol. The van der Waals surface area contributed by atoms with E-state index in [0.717, 1.165) is 6.29 Å². The number of benzene rings is 2. The molecular formula is C18H18O6. The van der Waals surface area contributed by atoms with Crippen LogP contribution in [0.3, 0.4) is 0 Å². The molecule has 2 aromatic carbocycles. The second-order valence-corrected chi connectivity index (χ2v) is 4.84. The molecule has 0 N–H and O–H groups in total. The van der Waals surface area contributed by atoms with Crippen LogP contribution in [-0.2, 0) is 11.3 Å². The summed E-state index contributed by atoms with van der Waals surface area (Å²) in [5, 5.41) is 0. The lowest BCUT2D eigenvalue weighted by Gasteiger charge is -2.14. The molecule has 2 aromatic rings. The van der Waals surface area contributed by atoms with Crippen molar-refractivity contribution >= 4 is 12.3 Å². The average Bonchev–Trinajstić information content (AvgIpc) is 2.64. The molecule has 0 atom stereocenters. The first-order chi connectivity index (χ1) is 11.6. The van der Waals surface area contributed by atoms with E-state index in [1.807, 2.05) is 0 Å². The summed E-state index contributed by atoms with van der Waals surface area (Å²) < 4.78 is 21.0. The minimum atomic E-state index is -0.469. The summed E-state index contributed by atoms with van der Waals surface area (Å²) in [7, 11) is 4.36. The second-order valence-electron chi connectivity index (χ2n) is 4.84. The van der Waals surface area contributed by atoms with E-state index in [1.54, 1.807) is 36.4 Å². The molecule has 2 rings (SSSR count). The van der Waals surface area contributed by atoms with Gasteiger partial charge in [-0.15, -0.1) is 0 Å². The Morgan fingerprint density at radius 2 is 1.67 bits per heavy atom. The highest BCUT2D eigenvalue weighted by molar-refractivity contribution is 5.90. The Labute approximate surface area is 139 Å². The Morgan fingerprint density at radius 1 is 0.958 bits per heavy atom. The fourth-order valence-corrected chi connectivity index (χ4v) is 2.17. The number of hydrogen-bond donors (Lipinski definition) is 0. The van der Waals surface area contributed by atoms with Crippen molar-refractivity contribution in [2.24, 2.45) is 0 Å². The van der Waals surface area contributed by atoms with Crippen molar-refractivity contribution in [3.05, 3.63) is 53.1 Å². The fraction of sp³-hybridized carbons (Fsp3) is 0.222. The zero-order valence-electron chi connectivity index (χ0n) is 13.7. The van der Waals surface area contributed by atoms with E-state index in [1.165, 1.54) is 21.3 Å². The van der Waals surface area contributed by atoms with Crippen LogP contribution in [0.4, 0.5) is 0 Å². The number of aldehydes is 1. The third kappa shape index (κ3) is 3.84. The first-order valence-electron chi connectivity index (χ1n) is 7.14. The molecule has 0 aromatic heterocycles. The highest BCUT2D eigenvalue weighted by Gasteiger charge is 2.13. The van der Waals surface area contributed by atoms with Crippen molar-refractivity contribution < 1.29 is 28.5 Å². The minimum absolute atomic E-state index is 0.145. The van der Waals surface area contributed by atoms with Gasteiger partial charge < -0.3 is 18.9 Å². The van der Waals surface area contributed by atoms with Crippen LogP contribution in [0, 0.1) is 0 Å². The van der Waals surface area contributed by atoms with E-state index < -0.39 is 5.97 Å². The zero-order valence-corrected chi connectivity index (χ0v) is 13.7. The Bertz CT molecular complexity index is 738. The van der Waals surface area contributed by atoms with Crippen LogP contribution in [0.5, 0.6) is 17.2 Å². The van der Waals surface area contributed by atoms with Crippen LogP contribution in [-0.4, -0.2) is 33.6 Å². The minimum Gasteiger partial charge on any atom is -0.496 e. The summed E-state index contributed by atoms with van der Waals surface area (Å²) in [4.78, 5) is 22.6. The SMILES string of the molecule is COC(=O)c1ccc(OC)c(OCc2cc(C=O)ccc2OC)c1. The molecule has 0 unspecified atom stereocenters. The molecular weight excluding hydrogens is 312 g/mol. The molecule has 0 radical (unpaired) electrons. The molecule has 0 aliphatic rings. The number of rotatable bonds is 7. The van der Waals surface area contributed by atoms with Gasteiger partial charge in [-0.2, -0.15) is 0 Å². The van der Waals surface area contributed by atoms with Crippen LogP contribution in [0.15, 0.2) is 36.4 Å². The van der Waals surface area contributed by atoms with Crippen LogP contribution in [0.2, 0.25) is 0 Å². The molecule has 24 heavy (non-hydrogen) atoms. The lowest BCUT2D eigenvalue weighted by atomic mass is 10.1. The topological polar surface area (TPSA) is 71.1 Å². The highest BCUT2D eigenvalue weighted by atomic mass is 16.5. The van der Waals surface area contributed by atoms with Crippen LogP contribution in [0.25, 0.3) is 0 Å². The Balaban J connectivity index is 2.28. The molecule has 0 aliphatic heterocycles. The normalized spacial score (nSPS) is 9.96. The summed E-state index contributed by atoms with van der Waals surface area (Å²) in [6.07, 6.45) is 0.751. The lowest BCUT2D eigenvalue weighted by molar-refractivity contribution is 0.0600. The largest absolute Gasteiger partial charge is 0.496 e. The van der Waals surface area contributed by atoms with Gasteiger partial charge in [0.05, 0.1) is 26.9 Å². The number of ether oxygens (including phenoxy) is 4. The molecule has 0 saturated heterocycles. The highest BCUT2D eigenvalue weighted by Crippen LogP contribution is 2.30. The van der Waals surface area contributed by atoms with E-state index in [9.17, 15) is 9.59 Å². The molecule has 0 fully saturated rings. The first kappa shape index (κ1) is 17.3. The van der Waals surface area contributed by atoms with Crippen molar-refractivity contribution in [1.29, 1.82) is 0 Å². The maximum atomic E-state index is 11.6. The fourth-order valence-electron chi connectivity index (χ4n) is 2.17.